The molecule has 0 radical (unpaired) electrons. The molecule has 58 heavy (non-hydrogen) atoms. The molecule has 3 aromatic heterocycles. The van der Waals surface area contributed by atoms with Crippen LogP contribution in [0.1, 0.15) is 23.3 Å². The van der Waals surface area contributed by atoms with Gasteiger partial charge in [-0.3, -0.25) is 0 Å². The monoisotopic (exact) mass is 758 g/mol. The second-order valence-electron chi connectivity index (χ2n) is 15.1. The molecule has 0 amide bonds. The van der Waals surface area contributed by atoms with Crippen molar-refractivity contribution in [3.05, 3.63) is 204 Å². The highest BCUT2D eigenvalue weighted by molar-refractivity contribution is 7.19. The Hall–Kier alpha value is -7.12. The summed E-state index contributed by atoms with van der Waals surface area (Å²) in [4.78, 5) is 3.78. The van der Waals surface area contributed by atoms with Gasteiger partial charge in [0.25, 0.3) is 0 Å². The highest BCUT2D eigenvalue weighted by Gasteiger charge is 2.21. The maximum absolute atomic E-state index is 6.10. The van der Waals surface area contributed by atoms with Gasteiger partial charge in [0.05, 0.1) is 22.2 Å². The lowest BCUT2D eigenvalue weighted by Gasteiger charge is -2.26. The molecular formula is C55H38N2S. The molecule has 0 aliphatic heterocycles. The van der Waals surface area contributed by atoms with Gasteiger partial charge in [0.2, 0.25) is 0 Å². The van der Waals surface area contributed by atoms with Gasteiger partial charge in [0.1, 0.15) is 0 Å². The fourth-order valence-corrected chi connectivity index (χ4v) is 10.5. The first kappa shape index (κ1) is 34.2. The third-order valence-electron chi connectivity index (χ3n) is 11.8. The van der Waals surface area contributed by atoms with E-state index < -0.39 is 0 Å². The first-order chi connectivity index (χ1) is 28.7. The number of benzene rings is 7. The van der Waals surface area contributed by atoms with Crippen LogP contribution in [0.4, 0.5) is 11.4 Å². The lowest BCUT2D eigenvalue weighted by atomic mass is 9.92. The van der Waals surface area contributed by atoms with Gasteiger partial charge in [0, 0.05) is 59.5 Å². The Morgan fingerprint density at radius 3 is 2.02 bits per heavy atom. The van der Waals surface area contributed by atoms with Crippen LogP contribution in [-0.2, 0) is 6.42 Å². The Labute approximate surface area is 342 Å². The summed E-state index contributed by atoms with van der Waals surface area (Å²) >= 11 is 1.94. The van der Waals surface area contributed by atoms with E-state index in [9.17, 15) is 0 Å². The van der Waals surface area contributed by atoms with Crippen molar-refractivity contribution in [1.29, 1.82) is 0 Å². The number of para-hydroxylation sites is 3. The summed E-state index contributed by atoms with van der Waals surface area (Å²) in [5.74, 6) is 2.87. The van der Waals surface area contributed by atoms with E-state index in [4.69, 9.17) is 6.42 Å². The van der Waals surface area contributed by atoms with Crippen LogP contribution in [0.2, 0.25) is 0 Å². The number of aromatic nitrogens is 1. The molecule has 0 saturated heterocycles. The van der Waals surface area contributed by atoms with Crippen LogP contribution >= 0.6 is 11.3 Å². The summed E-state index contributed by atoms with van der Waals surface area (Å²) < 4.78 is 3.84. The molecular weight excluding hydrogens is 721 g/mol. The number of thiophene rings is 1. The minimum Gasteiger partial charge on any atom is -0.310 e. The van der Waals surface area contributed by atoms with Crippen LogP contribution < -0.4 is 4.90 Å². The third kappa shape index (κ3) is 5.57. The minimum atomic E-state index is 0.832. The van der Waals surface area contributed by atoms with Gasteiger partial charge >= 0.3 is 0 Å². The molecule has 1 aliphatic carbocycles. The molecule has 3 heteroatoms. The molecule has 0 atom stereocenters. The zero-order valence-corrected chi connectivity index (χ0v) is 32.7. The van der Waals surface area contributed by atoms with E-state index in [1.807, 2.05) is 17.4 Å². The summed E-state index contributed by atoms with van der Waals surface area (Å²) in [6, 6.07) is 59.3. The SMILES string of the molecule is C#C/C=C(\C=C/CC1=CCCc2sc3ccccc3c21)N(c1ccc(-c2ccccc2)cc1)c1ccc(-c2cccc3c4cccc5c6ccccc6n(c23)c54)cc1. The Morgan fingerprint density at radius 2 is 1.24 bits per heavy atom. The Kier molecular flexibility index (Phi) is 8.31. The van der Waals surface area contributed by atoms with Gasteiger partial charge in [-0.2, -0.15) is 0 Å². The lowest BCUT2D eigenvalue weighted by molar-refractivity contribution is 0.998. The quantitative estimate of drug-likeness (QED) is 0.111. The smallest absolute Gasteiger partial charge is 0.0620 e. The highest BCUT2D eigenvalue weighted by Crippen LogP contribution is 2.44. The molecule has 7 aromatic carbocycles. The van der Waals surface area contributed by atoms with Crippen molar-refractivity contribution >= 4 is 76.5 Å². The molecule has 0 saturated carbocycles. The number of rotatable bonds is 8. The summed E-state index contributed by atoms with van der Waals surface area (Å²) in [7, 11) is 0. The van der Waals surface area contributed by atoms with Gasteiger partial charge in [0.15, 0.2) is 0 Å². The van der Waals surface area contributed by atoms with Crippen molar-refractivity contribution in [2.75, 3.05) is 4.90 Å². The fraction of sp³-hybridized carbons (Fsp3) is 0.0545. The number of hydrogen-bond acceptors (Lipinski definition) is 2. The number of hydrogen-bond donors (Lipinski definition) is 0. The number of terminal acetylenes is 1. The molecule has 10 aromatic rings. The topological polar surface area (TPSA) is 7.65 Å². The minimum absolute atomic E-state index is 0.832. The predicted molar refractivity (Wildman–Crippen MR) is 249 cm³/mol. The number of allylic oxidation sites excluding steroid dienone is 5. The molecule has 0 fully saturated rings. The Bertz CT molecular complexity index is 3290. The summed E-state index contributed by atoms with van der Waals surface area (Å²) in [5.41, 5.74) is 14.3. The van der Waals surface area contributed by atoms with E-state index in [0.717, 1.165) is 36.3 Å². The number of fused-ring (bicyclic) bond motifs is 9. The second kappa shape index (κ2) is 14.1. The van der Waals surface area contributed by atoms with E-state index in [-0.39, 0.29) is 0 Å². The summed E-state index contributed by atoms with van der Waals surface area (Å²) in [6.07, 6.45) is 17.9. The van der Waals surface area contributed by atoms with Gasteiger partial charge in [-0.15, -0.1) is 17.8 Å². The summed E-state index contributed by atoms with van der Waals surface area (Å²) in [5, 5.41) is 6.51. The third-order valence-corrected chi connectivity index (χ3v) is 13.0. The van der Waals surface area contributed by atoms with Crippen molar-refractivity contribution < 1.29 is 0 Å². The van der Waals surface area contributed by atoms with Crippen molar-refractivity contribution in [2.24, 2.45) is 0 Å². The molecule has 1 aliphatic rings. The number of aryl methyl sites for hydroxylation is 1. The zero-order valence-electron chi connectivity index (χ0n) is 31.9. The standard InChI is InChI=1S/C55H38N2S/c1-2-14-41(19-10-17-40-18-11-28-52-53(40)49-21-7-9-27-51(49)58-52)56(42-33-29-38(30-34-42)37-15-4-3-5-16-37)43-35-31-39(32-36-43)44-22-12-24-47-48-25-13-23-46-45-20-6-8-26-50(45)57(54(44)47)55(46)48/h1,3-10,12-16,18-27,29-36H,11,17,28H2/b19-10-,41-14+. The zero-order chi connectivity index (χ0) is 38.6. The Balaban J connectivity index is 0.999. The molecule has 0 bridgehead atoms. The first-order valence-corrected chi connectivity index (χ1v) is 20.8. The van der Waals surface area contributed by atoms with Gasteiger partial charge in [-0.1, -0.05) is 145 Å². The van der Waals surface area contributed by atoms with Crippen molar-refractivity contribution in [3.63, 3.8) is 0 Å². The van der Waals surface area contributed by atoms with E-state index >= 15 is 0 Å². The number of nitrogens with zero attached hydrogens (tertiary/aromatic N) is 2. The maximum Gasteiger partial charge on any atom is 0.0620 e. The maximum atomic E-state index is 6.10. The largest absolute Gasteiger partial charge is 0.310 e. The van der Waals surface area contributed by atoms with E-state index in [0.29, 0.717) is 0 Å². The fourth-order valence-electron chi connectivity index (χ4n) is 9.24. The van der Waals surface area contributed by atoms with E-state index in [1.54, 1.807) is 0 Å². The average Bonchev–Trinajstić information content (AvgIpc) is 3.95. The summed E-state index contributed by atoms with van der Waals surface area (Å²) in [6.45, 7) is 0. The van der Waals surface area contributed by atoms with Crippen LogP contribution in [0.3, 0.4) is 0 Å². The van der Waals surface area contributed by atoms with Gasteiger partial charge in [-0.25, -0.2) is 0 Å². The molecule has 0 N–H and O–H groups in total. The normalized spacial score (nSPS) is 13.2. The highest BCUT2D eigenvalue weighted by atomic mass is 32.1. The molecule has 0 unspecified atom stereocenters. The lowest BCUT2D eigenvalue weighted by Crippen LogP contribution is -2.15. The van der Waals surface area contributed by atoms with Gasteiger partial charge in [-0.05, 0) is 89.6 Å². The van der Waals surface area contributed by atoms with Crippen molar-refractivity contribution in [1.82, 2.24) is 4.40 Å². The molecule has 2 nitrogen and oxygen atoms in total. The molecule has 3 heterocycles. The molecule has 0 spiro atoms. The van der Waals surface area contributed by atoms with Crippen LogP contribution in [0, 0.1) is 12.3 Å². The van der Waals surface area contributed by atoms with Crippen LogP contribution in [0.15, 0.2) is 194 Å². The van der Waals surface area contributed by atoms with Crippen molar-refractivity contribution in [3.8, 4) is 34.6 Å². The van der Waals surface area contributed by atoms with Crippen LogP contribution in [0.5, 0.6) is 0 Å². The molecule has 11 rings (SSSR count). The van der Waals surface area contributed by atoms with Crippen molar-refractivity contribution in [2.45, 2.75) is 19.3 Å². The predicted octanol–water partition coefficient (Wildman–Crippen LogP) is 15.0. The van der Waals surface area contributed by atoms with Crippen LogP contribution in [0.25, 0.3) is 76.0 Å². The average molecular weight is 759 g/mol. The molecule has 274 valence electrons. The van der Waals surface area contributed by atoms with E-state index in [2.05, 4.69) is 197 Å². The van der Waals surface area contributed by atoms with E-state index in [1.165, 1.54) is 86.4 Å². The Morgan fingerprint density at radius 1 is 0.621 bits per heavy atom. The van der Waals surface area contributed by atoms with Crippen LogP contribution in [-0.4, -0.2) is 4.40 Å². The first-order valence-electron chi connectivity index (χ1n) is 20.0. The number of anilines is 2. The van der Waals surface area contributed by atoms with Gasteiger partial charge < -0.3 is 9.30 Å². The second-order valence-corrected chi connectivity index (χ2v) is 16.2.